The van der Waals surface area contributed by atoms with Crippen molar-refractivity contribution in [2.45, 2.75) is 6.92 Å². The molecule has 1 heterocycles. The highest BCUT2D eigenvalue weighted by atomic mass is 32.1. The molecule has 0 saturated carbocycles. The summed E-state index contributed by atoms with van der Waals surface area (Å²) in [5, 5.41) is 0.165. The standard InChI is InChI=1S/C19H13NO3S/c1-2-20-18(22)15(23-19(20)24)10-11-6-5-9-14-16(11)12-7-3-4-8-13(12)17(14)21/h3-10H,2H2,1H3/b15-10+. The molecule has 0 bridgehead atoms. The van der Waals surface area contributed by atoms with Crippen LogP contribution in [0.1, 0.15) is 28.4 Å². The van der Waals surface area contributed by atoms with E-state index in [4.69, 9.17) is 17.0 Å². The average molecular weight is 335 g/mol. The largest absolute Gasteiger partial charge is 0.426 e. The molecule has 4 rings (SSSR count). The highest BCUT2D eigenvalue weighted by molar-refractivity contribution is 7.80. The molecule has 1 aliphatic heterocycles. The van der Waals surface area contributed by atoms with Crippen LogP contribution < -0.4 is 0 Å². The van der Waals surface area contributed by atoms with Crippen LogP contribution in [0, 0.1) is 0 Å². The van der Waals surface area contributed by atoms with Gasteiger partial charge in [0.2, 0.25) is 0 Å². The zero-order valence-corrected chi connectivity index (χ0v) is 13.7. The number of hydrogen-bond acceptors (Lipinski definition) is 4. The van der Waals surface area contributed by atoms with Crippen LogP contribution in [0.3, 0.4) is 0 Å². The summed E-state index contributed by atoms with van der Waals surface area (Å²) in [4.78, 5) is 26.3. The number of rotatable bonds is 2. The van der Waals surface area contributed by atoms with Gasteiger partial charge in [-0.15, -0.1) is 0 Å². The molecule has 4 nitrogen and oxygen atoms in total. The van der Waals surface area contributed by atoms with Gasteiger partial charge in [0.25, 0.3) is 11.1 Å². The van der Waals surface area contributed by atoms with Gasteiger partial charge in [-0.2, -0.15) is 0 Å². The number of benzene rings is 2. The van der Waals surface area contributed by atoms with Crippen LogP contribution >= 0.6 is 12.2 Å². The van der Waals surface area contributed by atoms with Crippen molar-refractivity contribution >= 4 is 35.2 Å². The van der Waals surface area contributed by atoms with Crippen LogP contribution in [0.4, 0.5) is 0 Å². The Hall–Kier alpha value is -2.79. The topological polar surface area (TPSA) is 46.6 Å². The molecule has 1 fully saturated rings. The monoisotopic (exact) mass is 335 g/mol. The first-order valence-corrected chi connectivity index (χ1v) is 8.05. The van der Waals surface area contributed by atoms with Crippen LogP contribution in [-0.4, -0.2) is 28.3 Å². The molecular formula is C19H13NO3S. The van der Waals surface area contributed by atoms with Crippen molar-refractivity contribution in [3.05, 3.63) is 64.9 Å². The van der Waals surface area contributed by atoms with Gasteiger partial charge < -0.3 is 4.74 Å². The normalized spacial score (nSPS) is 17.3. The van der Waals surface area contributed by atoms with Gasteiger partial charge in [-0.3, -0.25) is 14.5 Å². The van der Waals surface area contributed by atoms with Gasteiger partial charge in [0.05, 0.1) is 0 Å². The number of thiocarbonyl (C=S) groups is 1. The van der Waals surface area contributed by atoms with Crippen LogP contribution in [0.5, 0.6) is 0 Å². The molecule has 0 atom stereocenters. The van der Waals surface area contributed by atoms with Crippen LogP contribution in [-0.2, 0) is 9.53 Å². The minimum Gasteiger partial charge on any atom is -0.426 e. The first-order chi connectivity index (χ1) is 11.6. The molecule has 118 valence electrons. The van der Waals surface area contributed by atoms with E-state index >= 15 is 0 Å². The number of ketones is 1. The third-order valence-electron chi connectivity index (χ3n) is 4.26. The quantitative estimate of drug-likeness (QED) is 0.532. The third-order valence-corrected chi connectivity index (χ3v) is 4.56. The van der Waals surface area contributed by atoms with Gasteiger partial charge in [0.1, 0.15) is 0 Å². The maximum atomic E-state index is 12.5. The highest BCUT2D eigenvalue weighted by Gasteiger charge is 2.33. The molecule has 1 aliphatic carbocycles. The van der Waals surface area contributed by atoms with E-state index in [1.54, 1.807) is 12.1 Å². The van der Waals surface area contributed by atoms with Gasteiger partial charge in [-0.1, -0.05) is 42.5 Å². The number of carbonyl (C=O) groups excluding carboxylic acids is 2. The molecule has 1 saturated heterocycles. The Morgan fingerprint density at radius 1 is 1.04 bits per heavy atom. The molecule has 0 N–H and O–H groups in total. The van der Waals surface area contributed by atoms with Crippen molar-refractivity contribution in [2.24, 2.45) is 0 Å². The predicted octanol–water partition coefficient (Wildman–Crippen LogP) is 3.40. The zero-order chi connectivity index (χ0) is 16.8. The Bertz CT molecular complexity index is 945. The maximum Gasteiger partial charge on any atom is 0.297 e. The molecule has 5 heteroatoms. The second kappa shape index (κ2) is 5.39. The summed E-state index contributed by atoms with van der Waals surface area (Å²) >= 11 is 5.08. The van der Waals surface area contributed by atoms with Gasteiger partial charge in [0.15, 0.2) is 11.5 Å². The molecule has 2 aliphatic rings. The number of carbonyl (C=O) groups is 2. The second-order valence-electron chi connectivity index (χ2n) is 5.57. The summed E-state index contributed by atoms with van der Waals surface area (Å²) in [6, 6.07) is 13.0. The van der Waals surface area contributed by atoms with Crippen molar-refractivity contribution in [3.63, 3.8) is 0 Å². The van der Waals surface area contributed by atoms with E-state index in [0.29, 0.717) is 17.7 Å². The Morgan fingerprint density at radius 3 is 2.46 bits per heavy atom. The molecule has 1 amide bonds. The van der Waals surface area contributed by atoms with Gasteiger partial charge in [-0.25, -0.2) is 0 Å². The summed E-state index contributed by atoms with van der Waals surface area (Å²) in [5.41, 5.74) is 3.82. The first kappa shape index (κ1) is 14.8. The molecule has 0 unspecified atom stereocenters. The lowest BCUT2D eigenvalue weighted by atomic mass is 9.99. The predicted molar refractivity (Wildman–Crippen MR) is 94.4 cm³/mol. The van der Waals surface area contributed by atoms with E-state index in [9.17, 15) is 9.59 Å². The van der Waals surface area contributed by atoms with Crippen molar-refractivity contribution < 1.29 is 14.3 Å². The summed E-state index contributed by atoms with van der Waals surface area (Å²) in [5.74, 6) is -0.0602. The lowest BCUT2D eigenvalue weighted by Gasteiger charge is -2.07. The van der Waals surface area contributed by atoms with E-state index in [2.05, 4.69) is 0 Å². The molecule has 0 spiro atoms. The average Bonchev–Trinajstić information content (AvgIpc) is 3.03. The van der Waals surface area contributed by atoms with Crippen LogP contribution in [0.15, 0.2) is 48.2 Å². The van der Waals surface area contributed by atoms with Crippen molar-refractivity contribution in [3.8, 4) is 11.1 Å². The van der Waals surface area contributed by atoms with Crippen molar-refractivity contribution in [1.82, 2.24) is 4.90 Å². The molecular weight excluding hydrogens is 322 g/mol. The Balaban J connectivity index is 1.87. The number of likely N-dealkylation sites (N-methyl/N-ethyl adjacent to an activating group) is 1. The molecule has 2 aromatic carbocycles. The smallest absolute Gasteiger partial charge is 0.297 e. The van der Waals surface area contributed by atoms with Gasteiger partial charge >= 0.3 is 0 Å². The van der Waals surface area contributed by atoms with Gasteiger partial charge in [-0.05, 0) is 36.3 Å². The maximum absolute atomic E-state index is 12.5. The SMILES string of the molecule is CCN1C(=O)/C(=C\c2cccc3c2-c2ccccc2C3=O)OC1=S. The highest BCUT2D eigenvalue weighted by Crippen LogP contribution is 2.39. The third kappa shape index (κ3) is 2.02. The number of nitrogens with zero attached hydrogens (tertiary/aromatic N) is 1. The van der Waals surface area contributed by atoms with E-state index in [1.807, 2.05) is 43.3 Å². The lowest BCUT2D eigenvalue weighted by Crippen LogP contribution is -2.27. The fourth-order valence-corrected chi connectivity index (χ4v) is 3.44. The summed E-state index contributed by atoms with van der Waals surface area (Å²) in [6.07, 6.45) is 1.67. The summed E-state index contributed by atoms with van der Waals surface area (Å²) < 4.78 is 5.44. The molecule has 24 heavy (non-hydrogen) atoms. The zero-order valence-electron chi connectivity index (χ0n) is 12.9. The molecule has 0 radical (unpaired) electrons. The minimum absolute atomic E-state index is 0.00484. The summed E-state index contributed by atoms with van der Waals surface area (Å²) in [7, 11) is 0. The lowest BCUT2D eigenvalue weighted by molar-refractivity contribution is -0.122. The Labute approximate surface area is 144 Å². The van der Waals surface area contributed by atoms with Crippen LogP contribution in [0.25, 0.3) is 17.2 Å². The van der Waals surface area contributed by atoms with Gasteiger partial charge in [0, 0.05) is 23.2 Å². The fourth-order valence-electron chi connectivity index (χ4n) is 3.14. The van der Waals surface area contributed by atoms with E-state index in [0.717, 1.165) is 16.7 Å². The first-order valence-electron chi connectivity index (χ1n) is 7.64. The van der Waals surface area contributed by atoms with E-state index in [1.165, 1.54) is 4.90 Å². The van der Waals surface area contributed by atoms with Crippen molar-refractivity contribution in [1.29, 1.82) is 0 Å². The van der Waals surface area contributed by atoms with E-state index in [-0.39, 0.29) is 22.6 Å². The second-order valence-corrected chi connectivity index (χ2v) is 5.92. The molecule has 0 aromatic heterocycles. The van der Waals surface area contributed by atoms with E-state index < -0.39 is 0 Å². The summed E-state index contributed by atoms with van der Waals surface area (Å²) in [6.45, 7) is 2.30. The number of hydrogen-bond donors (Lipinski definition) is 0. The Morgan fingerprint density at radius 2 is 1.75 bits per heavy atom. The minimum atomic E-state index is -0.252. The van der Waals surface area contributed by atoms with Crippen LogP contribution in [0.2, 0.25) is 0 Å². The molecule has 2 aromatic rings. The number of amides is 1. The van der Waals surface area contributed by atoms with Crippen molar-refractivity contribution in [2.75, 3.05) is 6.54 Å². The number of fused-ring (bicyclic) bond motifs is 3. The fraction of sp³-hybridized carbons (Fsp3) is 0.105. The Kier molecular flexibility index (Phi) is 3.32. The number of ether oxygens (including phenoxy) is 1.